The minimum atomic E-state index is -0.992. The molecule has 0 aromatic heterocycles. The number of carboxylic acids is 1. The molecule has 0 saturated heterocycles. The van der Waals surface area contributed by atoms with E-state index >= 15 is 0 Å². The maximum Gasteiger partial charge on any atom is 0.329 e. The van der Waals surface area contributed by atoms with Gasteiger partial charge in [-0.3, -0.25) is 0 Å². The summed E-state index contributed by atoms with van der Waals surface area (Å²) in [5, 5.41) is 8.41. The third-order valence-corrected chi connectivity index (χ3v) is 4.97. The van der Waals surface area contributed by atoms with E-state index in [2.05, 4.69) is 6.92 Å². The maximum absolute atomic E-state index is 10.3. The van der Waals surface area contributed by atoms with Crippen LogP contribution in [0.25, 0.3) is 0 Å². The monoisotopic (exact) mass is 570 g/mol. The van der Waals surface area contributed by atoms with Crippen molar-refractivity contribution in [3.8, 4) is 0 Å². The van der Waals surface area contributed by atoms with Crippen molar-refractivity contribution in [1.29, 1.82) is 0 Å². The van der Waals surface area contributed by atoms with Gasteiger partial charge in [-0.15, -0.1) is 0 Å². The van der Waals surface area contributed by atoms with Gasteiger partial charge in [0.1, 0.15) is 6.61 Å². The van der Waals surface area contributed by atoms with Crippen LogP contribution in [-0.4, -0.2) is 143 Å². The molecule has 39 heavy (non-hydrogen) atoms. The van der Waals surface area contributed by atoms with Gasteiger partial charge in [0.25, 0.3) is 0 Å². The molecule has 0 saturated carbocycles. The second-order valence-corrected chi connectivity index (χ2v) is 8.37. The molecular formula is C27H54O12. The van der Waals surface area contributed by atoms with Gasteiger partial charge in [0, 0.05) is 6.61 Å². The highest BCUT2D eigenvalue weighted by Gasteiger charge is 1.97. The molecular weight excluding hydrogens is 516 g/mol. The SMILES string of the molecule is CCCCCCCOCCOCCOCCOCCOCCOCCOCCOCCOCCOCC(=O)O. The largest absolute Gasteiger partial charge is 0.480 e. The molecule has 12 nitrogen and oxygen atoms in total. The van der Waals surface area contributed by atoms with E-state index in [0.29, 0.717) is 112 Å². The van der Waals surface area contributed by atoms with E-state index in [-0.39, 0.29) is 13.2 Å². The van der Waals surface area contributed by atoms with Gasteiger partial charge in [-0.05, 0) is 6.42 Å². The molecule has 0 atom stereocenters. The van der Waals surface area contributed by atoms with Crippen LogP contribution in [0.4, 0.5) is 0 Å². The van der Waals surface area contributed by atoms with Crippen molar-refractivity contribution in [2.75, 3.05) is 132 Å². The van der Waals surface area contributed by atoms with Crippen LogP contribution in [0.15, 0.2) is 0 Å². The van der Waals surface area contributed by atoms with E-state index < -0.39 is 5.97 Å². The van der Waals surface area contributed by atoms with Crippen molar-refractivity contribution in [2.45, 2.75) is 39.0 Å². The third kappa shape index (κ3) is 37.1. The fourth-order valence-corrected chi connectivity index (χ4v) is 2.95. The quantitative estimate of drug-likeness (QED) is 0.112. The summed E-state index contributed by atoms with van der Waals surface area (Å²) >= 11 is 0. The summed E-state index contributed by atoms with van der Waals surface area (Å²) in [7, 11) is 0. The van der Waals surface area contributed by atoms with Crippen molar-refractivity contribution >= 4 is 5.97 Å². The van der Waals surface area contributed by atoms with Gasteiger partial charge in [-0.1, -0.05) is 32.6 Å². The second-order valence-electron chi connectivity index (χ2n) is 8.37. The molecule has 0 heterocycles. The van der Waals surface area contributed by atoms with E-state index in [1.807, 2.05) is 0 Å². The highest BCUT2D eigenvalue weighted by Crippen LogP contribution is 2.02. The zero-order valence-electron chi connectivity index (χ0n) is 24.1. The molecule has 0 fully saturated rings. The number of unbranched alkanes of at least 4 members (excludes halogenated alkanes) is 4. The number of rotatable bonds is 35. The van der Waals surface area contributed by atoms with Crippen molar-refractivity contribution < 1.29 is 57.3 Å². The summed E-state index contributed by atoms with van der Waals surface area (Å²) in [5.74, 6) is -0.992. The first-order valence-corrected chi connectivity index (χ1v) is 14.3. The minimum absolute atomic E-state index is 0.247. The number of carbonyl (C=O) groups is 1. The Balaban J connectivity index is 3.02. The summed E-state index contributed by atoms with van der Waals surface area (Å²) in [4.78, 5) is 10.3. The summed E-state index contributed by atoms with van der Waals surface area (Å²) in [6, 6.07) is 0. The lowest BCUT2D eigenvalue weighted by Crippen LogP contribution is -2.15. The molecule has 0 aromatic rings. The predicted octanol–water partition coefficient (Wildman–Crippen LogP) is 2.21. The number of hydrogen-bond donors (Lipinski definition) is 1. The van der Waals surface area contributed by atoms with E-state index in [1.165, 1.54) is 25.7 Å². The van der Waals surface area contributed by atoms with Crippen molar-refractivity contribution in [1.82, 2.24) is 0 Å². The minimum Gasteiger partial charge on any atom is -0.480 e. The number of aliphatic carboxylic acids is 1. The summed E-state index contributed by atoms with van der Waals surface area (Å²) in [6.45, 7) is 11.5. The van der Waals surface area contributed by atoms with Crippen LogP contribution in [-0.2, 0) is 52.2 Å². The summed E-state index contributed by atoms with van der Waals surface area (Å²) in [5.41, 5.74) is 0. The van der Waals surface area contributed by atoms with Crippen LogP contribution in [0.2, 0.25) is 0 Å². The average molecular weight is 571 g/mol. The van der Waals surface area contributed by atoms with Gasteiger partial charge < -0.3 is 52.5 Å². The Morgan fingerprint density at radius 1 is 0.385 bits per heavy atom. The van der Waals surface area contributed by atoms with Crippen LogP contribution in [0.5, 0.6) is 0 Å². The van der Waals surface area contributed by atoms with Crippen molar-refractivity contribution in [3.63, 3.8) is 0 Å². The molecule has 0 amide bonds. The first-order chi connectivity index (χ1) is 19.3. The molecule has 0 rings (SSSR count). The van der Waals surface area contributed by atoms with E-state index in [1.54, 1.807) is 0 Å². The molecule has 0 unspecified atom stereocenters. The lowest BCUT2D eigenvalue weighted by Gasteiger charge is -2.09. The van der Waals surface area contributed by atoms with E-state index in [9.17, 15) is 4.79 Å². The standard InChI is InChI=1S/C27H54O12/c1-2-3-4-5-6-7-30-8-9-31-10-11-32-12-13-33-14-15-34-16-17-35-18-19-36-20-21-37-22-23-38-24-25-39-26-27(28)29/h2-26H2,1H3,(H,28,29). The Kier molecular flexibility index (Phi) is 34.3. The van der Waals surface area contributed by atoms with Crippen LogP contribution in [0.3, 0.4) is 0 Å². The molecule has 12 heteroatoms. The highest BCUT2D eigenvalue weighted by atomic mass is 16.6. The first kappa shape index (κ1) is 38.1. The Bertz CT molecular complexity index is 470. The van der Waals surface area contributed by atoms with E-state index in [0.717, 1.165) is 13.0 Å². The molecule has 0 bridgehead atoms. The van der Waals surface area contributed by atoms with Gasteiger partial charge in [-0.2, -0.15) is 0 Å². The lowest BCUT2D eigenvalue weighted by atomic mass is 10.2. The van der Waals surface area contributed by atoms with Gasteiger partial charge in [0.15, 0.2) is 0 Å². The molecule has 0 aromatic carbocycles. The fourth-order valence-electron chi connectivity index (χ4n) is 2.95. The fraction of sp³-hybridized carbons (Fsp3) is 0.963. The third-order valence-electron chi connectivity index (χ3n) is 4.97. The first-order valence-electron chi connectivity index (χ1n) is 14.3. The Morgan fingerprint density at radius 2 is 0.641 bits per heavy atom. The number of hydrogen-bond acceptors (Lipinski definition) is 11. The molecule has 234 valence electrons. The Morgan fingerprint density at radius 3 is 0.923 bits per heavy atom. The van der Waals surface area contributed by atoms with Crippen LogP contribution in [0, 0.1) is 0 Å². The zero-order chi connectivity index (χ0) is 28.3. The number of ether oxygens (including phenoxy) is 10. The van der Waals surface area contributed by atoms with Crippen molar-refractivity contribution in [2.24, 2.45) is 0 Å². The average Bonchev–Trinajstić information content (AvgIpc) is 2.93. The summed E-state index contributed by atoms with van der Waals surface area (Å²) < 4.78 is 53.7. The smallest absolute Gasteiger partial charge is 0.329 e. The molecule has 0 spiro atoms. The topological polar surface area (TPSA) is 130 Å². The lowest BCUT2D eigenvalue weighted by molar-refractivity contribution is -0.142. The Labute approximate surface area is 234 Å². The molecule has 0 aliphatic carbocycles. The van der Waals surface area contributed by atoms with Crippen LogP contribution in [0.1, 0.15) is 39.0 Å². The van der Waals surface area contributed by atoms with Gasteiger partial charge >= 0.3 is 5.97 Å². The maximum atomic E-state index is 10.3. The molecule has 0 aliphatic heterocycles. The second kappa shape index (κ2) is 35.1. The van der Waals surface area contributed by atoms with Gasteiger partial charge in [-0.25, -0.2) is 4.79 Å². The molecule has 1 N–H and O–H groups in total. The van der Waals surface area contributed by atoms with Gasteiger partial charge in [0.2, 0.25) is 0 Å². The van der Waals surface area contributed by atoms with Crippen LogP contribution < -0.4 is 0 Å². The van der Waals surface area contributed by atoms with Crippen molar-refractivity contribution in [3.05, 3.63) is 0 Å². The van der Waals surface area contributed by atoms with Crippen LogP contribution >= 0.6 is 0 Å². The molecule has 0 radical (unpaired) electrons. The molecule has 0 aliphatic rings. The van der Waals surface area contributed by atoms with Gasteiger partial charge in [0.05, 0.1) is 119 Å². The normalized spacial score (nSPS) is 11.4. The Hall–Kier alpha value is -0.930. The number of carboxylic acid groups (broad SMARTS) is 1. The predicted molar refractivity (Wildman–Crippen MR) is 145 cm³/mol. The summed E-state index contributed by atoms with van der Waals surface area (Å²) in [6.07, 6.45) is 6.26. The highest BCUT2D eigenvalue weighted by molar-refractivity contribution is 5.67. The van der Waals surface area contributed by atoms with E-state index in [4.69, 9.17) is 52.5 Å². The zero-order valence-corrected chi connectivity index (χ0v) is 24.1.